The van der Waals surface area contributed by atoms with E-state index >= 15 is 0 Å². The van der Waals surface area contributed by atoms with Gasteiger partial charge < -0.3 is 9.47 Å². The van der Waals surface area contributed by atoms with Crippen LogP contribution < -0.4 is 20.3 Å². The van der Waals surface area contributed by atoms with Crippen LogP contribution in [0.2, 0.25) is 0 Å². The number of rotatable bonds is 6. The van der Waals surface area contributed by atoms with E-state index in [2.05, 4.69) is 15.8 Å². The third-order valence-corrected chi connectivity index (χ3v) is 4.71. The summed E-state index contributed by atoms with van der Waals surface area (Å²) in [4.78, 5) is 28.6. The van der Waals surface area contributed by atoms with Crippen molar-refractivity contribution in [3.63, 3.8) is 0 Å². The van der Waals surface area contributed by atoms with Crippen LogP contribution in [-0.4, -0.2) is 30.5 Å². The maximum Gasteiger partial charge on any atom is 0.269 e. The predicted octanol–water partition coefficient (Wildman–Crippen LogP) is 3.18. The normalized spacial score (nSPS) is 10.8. The number of para-hydroxylation sites is 1. The maximum atomic E-state index is 12.2. The highest BCUT2D eigenvalue weighted by atomic mass is 32.1. The van der Waals surface area contributed by atoms with Crippen LogP contribution in [0.25, 0.3) is 16.3 Å². The molecule has 0 fully saturated rings. The minimum absolute atomic E-state index is 0.329. The van der Waals surface area contributed by atoms with Crippen molar-refractivity contribution in [2.45, 2.75) is 6.92 Å². The molecular weight excluding hydrogens is 378 g/mol. The van der Waals surface area contributed by atoms with E-state index in [4.69, 9.17) is 9.47 Å². The molecule has 0 radical (unpaired) electrons. The van der Waals surface area contributed by atoms with Crippen LogP contribution in [0.15, 0.2) is 48.5 Å². The molecule has 0 aliphatic rings. The molecule has 2 N–H and O–H groups in total. The Morgan fingerprint density at radius 3 is 2.71 bits per heavy atom. The molecule has 0 unspecified atom stereocenters. The largest absolute Gasteiger partial charge is 0.493 e. The number of amides is 2. The zero-order valence-corrected chi connectivity index (χ0v) is 16.2. The average Bonchev–Trinajstić information content (AvgIpc) is 3.14. The van der Waals surface area contributed by atoms with Gasteiger partial charge in [-0.15, -0.1) is 11.3 Å². The molecular formula is C20H19N3O4S. The SMILES string of the molecule is CCOc1ccc(C(=O)NNC(=O)C=Cc2nc3ccccc3s2)cc1OC. The summed E-state index contributed by atoms with van der Waals surface area (Å²) in [5.74, 6) is 0.0505. The lowest BCUT2D eigenvalue weighted by Gasteiger charge is -2.11. The predicted molar refractivity (Wildman–Crippen MR) is 108 cm³/mol. The monoisotopic (exact) mass is 397 g/mol. The topological polar surface area (TPSA) is 89.6 Å². The van der Waals surface area contributed by atoms with Gasteiger partial charge in [0.15, 0.2) is 11.5 Å². The van der Waals surface area contributed by atoms with Gasteiger partial charge in [-0.05, 0) is 43.3 Å². The molecule has 0 bridgehead atoms. The molecule has 7 nitrogen and oxygen atoms in total. The van der Waals surface area contributed by atoms with Gasteiger partial charge in [0, 0.05) is 11.6 Å². The van der Waals surface area contributed by atoms with Gasteiger partial charge in [-0.3, -0.25) is 20.4 Å². The number of hydrazine groups is 1. The van der Waals surface area contributed by atoms with Gasteiger partial charge in [-0.2, -0.15) is 0 Å². The van der Waals surface area contributed by atoms with E-state index in [1.807, 2.05) is 31.2 Å². The first-order valence-electron chi connectivity index (χ1n) is 8.55. The number of nitrogens with one attached hydrogen (secondary N) is 2. The number of methoxy groups -OCH3 is 1. The number of hydrogen-bond acceptors (Lipinski definition) is 6. The van der Waals surface area contributed by atoms with Crippen LogP contribution in [-0.2, 0) is 4.79 Å². The summed E-state index contributed by atoms with van der Waals surface area (Å²) in [6.07, 6.45) is 2.92. The molecule has 0 aliphatic carbocycles. The van der Waals surface area contributed by atoms with Crippen LogP contribution in [0.4, 0.5) is 0 Å². The van der Waals surface area contributed by atoms with Gasteiger partial charge in [-0.25, -0.2) is 4.98 Å². The molecule has 0 aliphatic heterocycles. The van der Waals surface area contributed by atoms with Crippen molar-refractivity contribution in [2.75, 3.05) is 13.7 Å². The van der Waals surface area contributed by atoms with Crippen molar-refractivity contribution in [2.24, 2.45) is 0 Å². The van der Waals surface area contributed by atoms with Gasteiger partial charge >= 0.3 is 0 Å². The Labute approximate surface area is 166 Å². The Balaban J connectivity index is 1.58. The van der Waals surface area contributed by atoms with Gasteiger partial charge in [0.1, 0.15) is 5.01 Å². The molecule has 2 amide bonds. The molecule has 1 aromatic heterocycles. The quantitative estimate of drug-likeness (QED) is 0.493. The Kier molecular flexibility index (Phi) is 6.23. The Morgan fingerprint density at radius 1 is 1.14 bits per heavy atom. The minimum atomic E-state index is -0.469. The fourth-order valence-electron chi connectivity index (χ4n) is 2.42. The summed E-state index contributed by atoms with van der Waals surface area (Å²) in [6, 6.07) is 12.5. The third kappa shape index (κ3) is 4.66. The van der Waals surface area contributed by atoms with E-state index in [1.165, 1.54) is 24.5 Å². The molecule has 0 saturated carbocycles. The van der Waals surface area contributed by atoms with E-state index in [0.717, 1.165) is 10.2 Å². The highest BCUT2D eigenvalue weighted by Crippen LogP contribution is 2.28. The summed E-state index contributed by atoms with van der Waals surface area (Å²) in [6.45, 7) is 2.34. The van der Waals surface area contributed by atoms with Crippen LogP contribution >= 0.6 is 11.3 Å². The lowest BCUT2D eigenvalue weighted by molar-refractivity contribution is -0.117. The highest BCUT2D eigenvalue weighted by molar-refractivity contribution is 7.19. The van der Waals surface area contributed by atoms with E-state index in [0.29, 0.717) is 28.7 Å². The average molecular weight is 397 g/mol. The standard InChI is InChI=1S/C20H19N3O4S/c1-3-27-15-9-8-13(12-16(15)26-2)20(25)23-22-18(24)10-11-19-21-14-6-4-5-7-17(14)28-19/h4-12H,3H2,1-2H3,(H,22,24)(H,23,25). The fourth-order valence-corrected chi connectivity index (χ4v) is 3.29. The molecule has 2 aromatic carbocycles. The van der Waals surface area contributed by atoms with Crippen molar-refractivity contribution >= 4 is 39.4 Å². The highest BCUT2D eigenvalue weighted by Gasteiger charge is 2.11. The van der Waals surface area contributed by atoms with Crippen LogP contribution in [0, 0.1) is 0 Å². The number of hydrogen-bond donors (Lipinski definition) is 2. The van der Waals surface area contributed by atoms with Crippen molar-refractivity contribution < 1.29 is 19.1 Å². The maximum absolute atomic E-state index is 12.2. The summed E-state index contributed by atoms with van der Waals surface area (Å²) >= 11 is 1.48. The van der Waals surface area contributed by atoms with E-state index < -0.39 is 11.8 Å². The van der Waals surface area contributed by atoms with Crippen LogP contribution in [0.1, 0.15) is 22.3 Å². The zero-order chi connectivity index (χ0) is 19.9. The molecule has 28 heavy (non-hydrogen) atoms. The molecule has 0 spiro atoms. The number of fused-ring (bicyclic) bond motifs is 1. The van der Waals surface area contributed by atoms with Crippen molar-refractivity contribution in [3.05, 3.63) is 59.1 Å². The molecule has 0 atom stereocenters. The number of carbonyl (C=O) groups is 2. The molecule has 1 heterocycles. The van der Waals surface area contributed by atoms with Gasteiger partial charge in [0.2, 0.25) is 0 Å². The lowest BCUT2D eigenvalue weighted by Crippen LogP contribution is -2.40. The first-order valence-corrected chi connectivity index (χ1v) is 9.37. The van der Waals surface area contributed by atoms with Crippen LogP contribution in [0.5, 0.6) is 11.5 Å². The minimum Gasteiger partial charge on any atom is -0.493 e. The van der Waals surface area contributed by atoms with Gasteiger partial charge in [0.25, 0.3) is 11.8 Å². The number of nitrogens with zero attached hydrogens (tertiary/aromatic N) is 1. The lowest BCUT2D eigenvalue weighted by atomic mass is 10.2. The molecule has 3 aromatic rings. The number of thiazole rings is 1. The first-order chi connectivity index (χ1) is 13.6. The molecule has 144 valence electrons. The Morgan fingerprint density at radius 2 is 1.96 bits per heavy atom. The van der Waals surface area contributed by atoms with E-state index in [1.54, 1.807) is 24.3 Å². The third-order valence-electron chi connectivity index (χ3n) is 3.71. The van der Waals surface area contributed by atoms with Gasteiger partial charge in [-0.1, -0.05) is 12.1 Å². The number of benzene rings is 2. The molecule has 0 saturated heterocycles. The van der Waals surface area contributed by atoms with E-state index in [-0.39, 0.29) is 0 Å². The zero-order valence-electron chi connectivity index (χ0n) is 15.4. The summed E-state index contributed by atoms with van der Waals surface area (Å²) in [5, 5.41) is 0.707. The first kappa shape index (κ1) is 19.4. The molecule has 3 rings (SSSR count). The fraction of sp³-hybridized carbons (Fsp3) is 0.150. The summed E-state index contributed by atoms with van der Waals surface area (Å²) < 4.78 is 11.7. The Bertz CT molecular complexity index is 996. The van der Waals surface area contributed by atoms with Crippen molar-refractivity contribution in [1.29, 1.82) is 0 Å². The number of aromatic nitrogens is 1. The van der Waals surface area contributed by atoms with Gasteiger partial charge in [0.05, 0.1) is 23.9 Å². The second-order valence-electron chi connectivity index (χ2n) is 5.60. The van der Waals surface area contributed by atoms with Crippen LogP contribution in [0.3, 0.4) is 0 Å². The van der Waals surface area contributed by atoms with Crippen molar-refractivity contribution in [3.8, 4) is 11.5 Å². The second-order valence-corrected chi connectivity index (χ2v) is 6.66. The van der Waals surface area contributed by atoms with Crippen molar-refractivity contribution in [1.82, 2.24) is 15.8 Å². The van der Waals surface area contributed by atoms with E-state index in [9.17, 15) is 9.59 Å². The second kappa shape index (κ2) is 9.01. The smallest absolute Gasteiger partial charge is 0.269 e. The molecule has 8 heteroatoms. The summed E-state index contributed by atoms with van der Waals surface area (Å²) in [5.41, 5.74) is 5.91. The number of ether oxygens (including phenoxy) is 2. The Hall–Kier alpha value is -3.39. The number of carbonyl (C=O) groups excluding carboxylic acids is 2. The summed E-state index contributed by atoms with van der Waals surface area (Å²) in [7, 11) is 1.49.